The topological polar surface area (TPSA) is 49.3 Å². The zero-order valence-electron chi connectivity index (χ0n) is 11.3. The maximum Gasteiger partial charge on any atom is 0.223 e. The molecule has 2 unspecified atom stereocenters. The lowest BCUT2D eigenvalue weighted by atomic mass is 9.93. The zero-order valence-corrected chi connectivity index (χ0v) is 12.1. The smallest absolute Gasteiger partial charge is 0.223 e. The second-order valence-corrected chi connectivity index (χ2v) is 7.23. The van der Waals surface area contributed by atoms with Crippen LogP contribution in [0, 0.1) is 12.8 Å². The van der Waals surface area contributed by atoms with Crippen molar-refractivity contribution >= 4 is 17.2 Å². The summed E-state index contributed by atoms with van der Waals surface area (Å²) in [6, 6.07) is 4.58. The average Bonchev–Trinajstić information content (AvgIpc) is 3.08. The molecule has 104 valence electrons. The first-order chi connectivity index (χ1) is 9.13. The first kappa shape index (κ1) is 13.1. The lowest BCUT2D eigenvalue weighted by molar-refractivity contribution is -0.123. The van der Waals surface area contributed by atoms with Crippen molar-refractivity contribution in [2.24, 2.45) is 5.92 Å². The van der Waals surface area contributed by atoms with Crippen LogP contribution in [0.15, 0.2) is 12.1 Å². The van der Waals surface area contributed by atoms with Crippen LogP contribution in [0.25, 0.3) is 0 Å². The highest BCUT2D eigenvalue weighted by molar-refractivity contribution is 7.12. The van der Waals surface area contributed by atoms with Gasteiger partial charge in [-0.15, -0.1) is 11.3 Å². The van der Waals surface area contributed by atoms with Crippen molar-refractivity contribution in [2.45, 2.75) is 57.1 Å². The standard InChI is InChI=1S/C15H21NO2S/c1-9-2-7-14(19-9)12-8-13(12)15(18)16-10-3-5-11(17)6-4-10/h2,7,10-13,17H,3-6,8H2,1H3,(H,16,18). The molecule has 1 heterocycles. The Morgan fingerprint density at radius 1 is 1.32 bits per heavy atom. The summed E-state index contributed by atoms with van der Waals surface area (Å²) in [4.78, 5) is 14.9. The van der Waals surface area contributed by atoms with Crippen molar-refractivity contribution in [2.75, 3.05) is 0 Å². The largest absolute Gasteiger partial charge is 0.393 e. The van der Waals surface area contributed by atoms with Gasteiger partial charge in [0.05, 0.1) is 6.10 Å². The Morgan fingerprint density at radius 3 is 2.68 bits per heavy atom. The number of hydrogen-bond donors (Lipinski definition) is 2. The monoisotopic (exact) mass is 279 g/mol. The number of amides is 1. The predicted octanol–water partition coefficient (Wildman–Crippen LogP) is 2.58. The van der Waals surface area contributed by atoms with E-state index in [1.165, 1.54) is 9.75 Å². The first-order valence-corrected chi connectivity index (χ1v) is 8.00. The van der Waals surface area contributed by atoms with Crippen LogP contribution < -0.4 is 5.32 Å². The van der Waals surface area contributed by atoms with Crippen molar-refractivity contribution in [3.63, 3.8) is 0 Å². The number of nitrogens with one attached hydrogen (secondary N) is 1. The van der Waals surface area contributed by atoms with E-state index in [1.54, 1.807) is 0 Å². The summed E-state index contributed by atoms with van der Waals surface area (Å²) in [5.74, 6) is 0.857. The van der Waals surface area contributed by atoms with Gasteiger partial charge in [-0.3, -0.25) is 4.79 Å². The van der Waals surface area contributed by atoms with E-state index in [0.717, 1.165) is 32.1 Å². The Bertz CT molecular complexity index is 462. The highest BCUT2D eigenvalue weighted by atomic mass is 32.1. The molecule has 19 heavy (non-hydrogen) atoms. The van der Waals surface area contributed by atoms with Crippen LogP contribution in [0.1, 0.15) is 47.8 Å². The first-order valence-electron chi connectivity index (χ1n) is 7.18. The number of thiophene rings is 1. The average molecular weight is 279 g/mol. The highest BCUT2D eigenvalue weighted by Crippen LogP contribution is 2.49. The van der Waals surface area contributed by atoms with Gasteiger partial charge in [-0.1, -0.05) is 0 Å². The minimum Gasteiger partial charge on any atom is -0.393 e. The second kappa shape index (κ2) is 5.25. The minimum atomic E-state index is -0.157. The molecule has 0 saturated heterocycles. The van der Waals surface area contributed by atoms with E-state index in [-0.39, 0.29) is 24.0 Å². The van der Waals surface area contributed by atoms with Gasteiger partial charge in [0.15, 0.2) is 0 Å². The van der Waals surface area contributed by atoms with Crippen LogP contribution in [0.5, 0.6) is 0 Å². The molecule has 2 atom stereocenters. The zero-order chi connectivity index (χ0) is 13.4. The number of carbonyl (C=O) groups is 1. The quantitative estimate of drug-likeness (QED) is 0.893. The number of aliphatic hydroxyl groups excluding tert-OH is 1. The van der Waals surface area contributed by atoms with E-state index >= 15 is 0 Å². The number of aliphatic hydroxyl groups is 1. The number of rotatable bonds is 3. The number of carbonyl (C=O) groups excluding carboxylic acids is 1. The fourth-order valence-electron chi connectivity index (χ4n) is 2.98. The summed E-state index contributed by atoms with van der Waals surface area (Å²) < 4.78 is 0. The number of hydrogen-bond acceptors (Lipinski definition) is 3. The van der Waals surface area contributed by atoms with Gasteiger partial charge in [-0.2, -0.15) is 0 Å². The van der Waals surface area contributed by atoms with Crippen molar-refractivity contribution in [1.82, 2.24) is 5.32 Å². The maximum absolute atomic E-state index is 12.2. The van der Waals surface area contributed by atoms with E-state index in [9.17, 15) is 9.90 Å². The van der Waals surface area contributed by atoms with Gasteiger partial charge in [0.25, 0.3) is 0 Å². The summed E-state index contributed by atoms with van der Waals surface area (Å²) >= 11 is 1.81. The Morgan fingerprint density at radius 2 is 2.05 bits per heavy atom. The fourth-order valence-corrected chi connectivity index (χ4v) is 4.04. The maximum atomic E-state index is 12.2. The molecular formula is C15H21NO2S. The van der Waals surface area contributed by atoms with Gasteiger partial charge >= 0.3 is 0 Å². The van der Waals surface area contributed by atoms with Gasteiger partial charge < -0.3 is 10.4 Å². The third-order valence-corrected chi connectivity index (χ3v) is 5.43. The molecule has 1 aromatic rings. The Balaban J connectivity index is 1.50. The fraction of sp³-hybridized carbons (Fsp3) is 0.667. The molecule has 2 saturated carbocycles. The highest BCUT2D eigenvalue weighted by Gasteiger charge is 2.45. The molecule has 3 nitrogen and oxygen atoms in total. The van der Waals surface area contributed by atoms with Crippen LogP contribution in [0.2, 0.25) is 0 Å². The van der Waals surface area contributed by atoms with E-state index in [0.29, 0.717) is 5.92 Å². The van der Waals surface area contributed by atoms with Crippen molar-refractivity contribution in [1.29, 1.82) is 0 Å². The Labute approximate surface area is 118 Å². The van der Waals surface area contributed by atoms with Crippen LogP contribution in [0.4, 0.5) is 0 Å². The molecule has 1 aromatic heterocycles. The molecule has 2 fully saturated rings. The van der Waals surface area contributed by atoms with Crippen molar-refractivity contribution in [3.05, 3.63) is 21.9 Å². The summed E-state index contributed by atoms with van der Waals surface area (Å²) in [5.41, 5.74) is 0. The van der Waals surface area contributed by atoms with Crippen LogP contribution in [0.3, 0.4) is 0 Å². The third kappa shape index (κ3) is 3.00. The molecule has 0 spiro atoms. The Hall–Kier alpha value is -0.870. The molecule has 0 bridgehead atoms. The lowest BCUT2D eigenvalue weighted by Crippen LogP contribution is -2.39. The molecule has 2 aliphatic rings. The molecule has 1 amide bonds. The summed E-state index contributed by atoms with van der Waals surface area (Å²) in [6.45, 7) is 2.11. The van der Waals surface area contributed by atoms with Crippen molar-refractivity contribution < 1.29 is 9.90 Å². The molecule has 4 heteroatoms. The van der Waals surface area contributed by atoms with Gasteiger partial charge in [-0.05, 0) is 51.2 Å². The Kier molecular flexibility index (Phi) is 3.63. The molecular weight excluding hydrogens is 258 g/mol. The van der Waals surface area contributed by atoms with Gasteiger partial charge in [0, 0.05) is 27.6 Å². The second-order valence-electron chi connectivity index (χ2n) is 5.91. The van der Waals surface area contributed by atoms with Crippen LogP contribution >= 0.6 is 11.3 Å². The van der Waals surface area contributed by atoms with E-state index in [2.05, 4.69) is 24.4 Å². The van der Waals surface area contributed by atoms with Crippen molar-refractivity contribution in [3.8, 4) is 0 Å². The van der Waals surface area contributed by atoms with Crippen LogP contribution in [-0.4, -0.2) is 23.2 Å². The SMILES string of the molecule is Cc1ccc(C2CC2C(=O)NC2CCC(O)CC2)s1. The summed E-state index contributed by atoms with van der Waals surface area (Å²) in [6.07, 6.45) is 4.33. The molecule has 2 aliphatic carbocycles. The summed E-state index contributed by atoms with van der Waals surface area (Å²) in [7, 11) is 0. The van der Waals surface area contributed by atoms with Gasteiger partial charge in [0.2, 0.25) is 5.91 Å². The normalized spacial score (nSPS) is 34.0. The molecule has 3 rings (SSSR count). The lowest BCUT2D eigenvalue weighted by Gasteiger charge is -2.26. The van der Waals surface area contributed by atoms with E-state index in [1.807, 2.05) is 11.3 Å². The molecule has 0 radical (unpaired) electrons. The predicted molar refractivity (Wildman–Crippen MR) is 76.3 cm³/mol. The van der Waals surface area contributed by atoms with E-state index < -0.39 is 0 Å². The molecule has 2 N–H and O–H groups in total. The minimum absolute atomic E-state index is 0.157. The van der Waals surface area contributed by atoms with Gasteiger partial charge in [0.1, 0.15) is 0 Å². The molecule has 0 aliphatic heterocycles. The summed E-state index contributed by atoms with van der Waals surface area (Å²) in [5, 5.41) is 12.6. The molecule has 0 aromatic carbocycles. The van der Waals surface area contributed by atoms with Crippen LogP contribution in [-0.2, 0) is 4.79 Å². The van der Waals surface area contributed by atoms with Gasteiger partial charge in [-0.25, -0.2) is 0 Å². The third-order valence-electron chi connectivity index (χ3n) is 4.30. The number of aryl methyl sites for hydroxylation is 1. The van der Waals surface area contributed by atoms with E-state index in [4.69, 9.17) is 0 Å².